The number of carbonyl (C=O) groups is 1. The van der Waals surface area contributed by atoms with Gasteiger partial charge in [0.2, 0.25) is 0 Å². The number of hydrogen-bond acceptors (Lipinski definition) is 4. The van der Waals surface area contributed by atoms with Gasteiger partial charge in [-0.15, -0.1) is 0 Å². The number of hydrogen-bond donors (Lipinski definition) is 1. The summed E-state index contributed by atoms with van der Waals surface area (Å²) in [6.07, 6.45) is -4.61. The molecule has 0 aliphatic heterocycles. The van der Waals surface area contributed by atoms with Crippen LogP contribution in [0.3, 0.4) is 0 Å². The second-order valence-electron chi connectivity index (χ2n) is 3.84. The van der Waals surface area contributed by atoms with Gasteiger partial charge in [0.25, 0.3) is 5.91 Å². The van der Waals surface area contributed by atoms with Crippen LogP contribution < -0.4 is 5.32 Å². The number of rotatable bonds is 2. The van der Waals surface area contributed by atoms with Crippen LogP contribution in [-0.4, -0.2) is 16.2 Å². The van der Waals surface area contributed by atoms with E-state index < -0.39 is 22.7 Å². The number of anilines is 1. The van der Waals surface area contributed by atoms with E-state index in [1.807, 2.05) is 0 Å². The third-order valence-corrected chi connectivity index (χ3v) is 2.73. The second kappa shape index (κ2) is 5.12. The molecule has 0 atom stereocenters. The predicted molar refractivity (Wildman–Crippen MR) is 63.4 cm³/mol. The molecule has 106 valence electrons. The maximum absolute atomic E-state index is 12.7. The van der Waals surface area contributed by atoms with E-state index in [0.717, 1.165) is 12.1 Å². The molecule has 0 radical (unpaired) electrons. The van der Waals surface area contributed by atoms with Crippen molar-refractivity contribution in [3.05, 3.63) is 40.2 Å². The number of aromatic nitrogens is 2. The van der Waals surface area contributed by atoms with Gasteiger partial charge >= 0.3 is 6.18 Å². The van der Waals surface area contributed by atoms with Crippen LogP contribution in [0.4, 0.5) is 18.9 Å². The zero-order valence-corrected chi connectivity index (χ0v) is 10.7. The predicted octanol–water partition coefficient (Wildman–Crippen LogP) is 3.30. The van der Waals surface area contributed by atoms with Crippen LogP contribution in [0.2, 0.25) is 5.02 Å². The molecule has 9 heteroatoms. The molecule has 1 amide bonds. The molecule has 0 spiro atoms. The van der Waals surface area contributed by atoms with E-state index in [9.17, 15) is 18.0 Å². The molecular formula is C11H7ClF3N3O2. The summed E-state index contributed by atoms with van der Waals surface area (Å²) in [5.74, 6) is -0.723. The van der Waals surface area contributed by atoms with E-state index in [1.54, 1.807) is 0 Å². The fourth-order valence-corrected chi connectivity index (χ4v) is 1.67. The van der Waals surface area contributed by atoms with Gasteiger partial charge in [0.05, 0.1) is 10.6 Å². The lowest BCUT2D eigenvalue weighted by Gasteiger charge is -2.11. The van der Waals surface area contributed by atoms with Crippen molar-refractivity contribution in [2.75, 3.05) is 5.32 Å². The van der Waals surface area contributed by atoms with Gasteiger partial charge in [0.1, 0.15) is 5.69 Å². The van der Waals surface area contributed by atoms with E-state index in [4.69, 9.17) is 11.6 Å². The van der Waals surface area contributed by atoms with Crippen LogP contribution in [-0.2, 0) is 6.18 Å². The van der Waals surface area contributed by atoms with Crippen LogP contribution in [0, 0.1) is 6.92 Å². The minimum atomic E-state index is -4.61. The summed E-state index contributed by atoms with van der Waals surface area (Å²) < 4.78 is 42.3. The molecule has 2 rings (SSSR count). The van der Waals surface area contributed by atoms with Crippen LogP contribution in [0.1, 0.15) is 21.7 Å². The van der Waals surface area contributed by atoms with E-state index >= 15 is 0 Å². The Labute approximate surface area is 115 Å². The zero-order chi connectivity index (χ0) is 14.9. The molecule has 0 saturated carbocycles. The van der Waals surface area contributed by atoms with Crippen LogP contribution in [0.5, 0.6) is 0 Å². The molecule has 20 heavy (non-hydrogen) atoms. The van der Waals surface area contributed by atoms with Crippen molar-refractivity contribution in [3.8, 4) is 0 Å². The van der Waals surface area contributed by atoms with Gasteiger partial charge in [0, 0.05) is 5.69 Å². The lowest BCUT2D eigenvalue weighted by molar-refractivity contribution is -0.137. The Hall–Kier alpha value is -2.09. The topological polar surface area (TPSA) is 68.0 Å². The highest BCUT2D eigenvalue weighted by Crippen LogP contribution is 2.36. The highest BCUT2D eigenvalue weighted by atomic mass is 35.5. The molecule has 0 fully saturated rings. The number of halogens is 4. The Bertz CT molecular complexity index is 655. The first kappa shape index (κ1) is 14.3. The van der Waals surface area contributed by atoms with Crippen molar-refractivity contribution >= 4 is 23.2 Å². The SMILES string of the molecule is Cc1nonc1C(=O)Nc1ccc(Cl)c(C(F)(F)F)c1. The fourth-order valence-electron chi connectivity index (χ4n) is 1.45. The number of alkyl halides is 3. The average molecular weight is 306 g/mol. The normalized spacial score (nSPS) is 11.4. The zero-order valence-electron chi connectivity index (χ0n) is 9.95. The summed E-state index contributed by atoms with van der Waals surface area (Å²) in [5.41, 5.74) is -0.970. The van der Waals surface area contributed by atoms with Gasteiger partial charge in [-0.1, -0.05) is 16.8 Å². The van der Waals surface area contributed by atoms with Crippen molar-refractivity contribution in [1.82, 2.24) is 10.3 Å². The highest BCUT2D eigenvalue weighted by Gasteiger charge is 2.33. The van der Waals surface area contributed by atoms with Crippen molar-refractivity contribution in [1.29, 1.82) is 0 Å². The van der Waals surface area contributed by atoms with Crippen molar-refractivity contribution in [3.63, 3.8) is 0 Å². The van der Waals surface area contributed by atoms with E-state index in [2.05, 4.69) is 20.3 Å². The third-order valence-electron chi connectivity index (χ3n) is 2.40. The Morgan fingerprint density at radius 3 is 2.60 bits per heavy atom. The summed E-state index contributed by atoms with van der Waals surface area (Å²) in [4.78, 5) is 11.8. The maximum atomic E-state index is 12.7. The number of aryl methyl sites for hydroxylation is 1. The number of amides is 1. The highest BCUT2D eigenvalue weighted by molar-refractivity contribution is 6.31. The molecule has 0 saturated heterocycles. The monoisotopic (exact) mass is 305 g/mol. The minimum Gasteiger partial charge on any atom is -0.320 e. The number of nitrogens with zero attached hydrogens (tertiary/aromatic N) is 2. The Morgan fingerprint density at radius 2 is 2.05 bits per heavy atom. The quantitative estimate of drug-likeness (QED) is 0.924. The molecule has 1 aromatic carbocycles. The largest absolute Gasteiger partial charge is 0.417 e. The Kier molecular flexibility index (Phi) is 3.67. The molecule has 1 aromatic heterocycles. The summed E-state index contributed by atoms with van der Waals surface area (Å²) in [6.45, 7) is 1.48. The molecular weight excluding hydrogens is 299 g/mol. The maximum Gasteiger partial charge on any atom is 0.417 e. The first-order valence-electron chi connectivity index (χ1n) is 5.26. The standard InChI is InChI=1S/C11H7ClF3N3O2/c1-5-9(18-20-17-5)10(19)16-6-2-3-8(12)7(4-6)11(13,14)15/h2-4H,1H3,(H,16,19). The summed E-state index contributed by atoms with van der Waals surface area (Å²) in [7, 11) is 0. The van der Waals surface area contributed by atoms with Crippen LogP contribution in [0.15, 0.2) is 22.8 Å². The van der Waals surface area contributed by atoms with E-state index in [0.29, 0.717) is 0 Å². The Balaban J connectivity index is 2.27. The first-order chi connectivity index (χ1) is 9.29. The molecule has 5 nitrogen and oxygen atoms in total. The van der Waals surface area contributed by atoms with Gasteiger partial charge < -0.3 is 5.32 Å². The third kappa shape index (κ3) is 2.90. The number of nitrogens with one attached hydrogen (secondary N) is 1. The average Bonchev–Trinajstić information content (AvgIpc) is 2.76. The summed E-state index contributed by atoms with van der Waals surface area (Å²) in [5, 5.41) is 8.57. The van der Waals surface area contributed by atoms with Crippen molar-refractivity contribution in [2.24, 2.45) is 0 Å². The molecule has 1 N–H and O–H groups in total. The first-order valence-corrected chi connectivity index (χ1v) is 5.64. The van der Waals surface area contributed by atoms with Gasteiger partial charge in [-0.25, -0.2) is 4.63 Å². The fraction of sp³-hybridized carbons (Fsp3) is 0.182. The summed E-state index contributed by atoms with van der Waals surface area (Å²) >= 11 is 5.47. The van der Waals surface area contributed by atoms with Crippen molar-refractivity contribution in [2.45, 2.75) is 13.1 Å². The molecule has 0 unspecified atom stereocenters. The Morgan fingerprint density at radius 1 is 1.35 bits per heavy atom. The van der Waals surface area contributed by atoms with Gasteiger partial charge in [-0.3, -0.25) is 4.79 Å². The van der Waals surface area contributed by atoms with Crippen LogP contribution in [0.25, 0.3) is 0 Å². The number of benzene rings is 1. The van der Waals surface area contributed by atoms with Gasteiger partial charge in [-0.05, 0) is 30.3 Å². The van der Waals surface area contributed by atoms with E-state index in [-0.39, 0.29) is 17.1 Å². The minimum absolute atomic E-state index is 0.0610. The van der Waals surface area contributed by atoms with Crippen LogP contribution >= 0.6 is 11.6 Å². The van der Waals surface area contributed by atoms with Gasteiger partial charge in [-0.2, -0.15) is 13.2 Å². The number of carbonyl (C=O) groups excluding carboxylic acids is 1. The molecule has 0 aliphatic rings. The van der Waals surface area contributed by atoms with Gasteiger partial charge in [0.15, 0.2) is 5.69 Å². The molecule has 0 bridgehead atoms. The lowest BCUT2D eigenvalue weighted by atomic mass is 10.2. The van der Waals surface area contributed by atoms with Crippen molar-refractivity contribution < 1.29 is 22.6 Å². The molecule has 0 aliphatic carbocycles. The smallest absolute Gasteiger partial charge is 0.320 e. The second-order valence-corrected chi connectivity index (χ2v) is 4.25. The summed E-state index contributed by atoms with van der Waals surface area (Å²) in [6, 6.07) is 3.04. The lowest BCUT2D eigenvalue weighted by Crippen LogP contribution is -2.15. The molecule has 1 heterocycles. The molecule has 2 aromatic rings. The van der Waals surface area contributed by atoms with E-state index in [1.165, 1.54) is 13.0 Å².